The molecule has 2 rings (SSSR count). The van der Waals surface area contributed by atoms with Gasteiger partial charge in [0.1, 0.15) is 0 Å². The molecule has 0 aromatic heterocycles. The molecule has 1 aliphatic rings. The molecule has 0 aliphatic carbocycles. The topological polar surface area (TPSA) is 74.7 Å². The number of sulfonamides is 1. The van der Waals surface area contributed by atoms with E-state index >= 15 is 0 Å². The first-order valence-corrected chi connectivity index (χ1v) is 7.72. The van der Waals surface area contributed by atoms with Gasteiger partial charge in [-0.2, -0.15) is 4.31 Å². The van der Waals surface area contributed by atoms with Gasteiger partial charge < -0.3 is 5.11 Å². The summed E-state index contributed by atoms with van der Waals surface area (Å²) >= 11 is 0. The van der Waals surface area contributed by atoms with Crippen LogP contribution in [0.2, 0.25) is 0 Å². The predicted molar refractivity (Wildman–Crippen MR) is 70.6 cm³/mol. The van der Waals surface area contributed by atoms with Crippen molar-refractivity contribution < 1.29 is 18.3 Å². The highest BCUT2D eigenvalue weighted by atomic mass is 32.2. The first kappa shape index (κ1) is 14.0. The summed E-state index contributed by atoms with van der Waals surface area (Å²) in [4.78, 5) is 10.9. The van der Waals surface area contributed by atoms with Crippen molar-refractivity contribution in [2.75, 3.05) is 6.54 Å². The lowest BCUT2D eigenvalue weighted by Gasteiger charge is -2.32. The van der Waals surface area contributed by atoms with Gasteiger partial charge in [-0.05, 0) is 44.0 Å². The molecule has 1 aromatic carbocycles. The second-order valence-electron chi connectivity index (χ2n) is 4.79. The van der Waals surface area contributed by atoms with Gasteiger partial charge in [-0.25, -0.2) is 13.2 Å². The zero-order chi connectivity index (χ0) is 14.0. The third-order valence-corrected chi connectivity index (χ3v) is 5.48. The second kappa shape index (κ2) is 5.30. The summed E-state index contributed by atoms with van der Waals surface area (Å²) in [6.07, 6.45) is 2.79. The monoisotopic (exact) mass is 283 g/mol. The Labute approximate surface area is 112 Å². The average molecular weight is 283 g/mol. The minimum absolute atomic E-state index is 0.00194. The highest BCUT2D eigenvalue weighted by Crippen LogP contribution is 2.25. The van der Waals surface area contributed by atoms with Crippen LogP contribution in [-0.2, 0) is 10.0 Å². The lowest BCUT2D eigenvalue weighted by molar-refractivity contribution is 0.0696. The summed E-state index contributed by atoms with van der Waals surface area (Å²) in [6, 6.07) is 5.37. The van der Waals surface area contributed by atoms with E-state index in [1.54, 1.807) is 0 Å². The molecule has 1 unspecified atom stereocenters. The van der Waals surface area contributed by atoms with Crippen molar-refractivity contribution in [3.05, 3.63) is 29.8 Å². The van der Waals surface area contributed by atoms with Crippen LogP contribution in [0.5, 0.6) is 0 Å². The maximum Gasteiger partial charge on any atom is 0.335 e. The number of nitrogens with zero attached hydrogens (tertiary/aromatic N) is 1. The largest absolute Gasteiger partial charge is 0.478 e. The van der Waals surface area contributed by atoms with E-state index in [9.17, 15) is 13.2 Å². The fourth-order valence-electron chi connectivity index (χ4n) is 2.33. The number of hydrogen-bond acceptors (Lipinski definition) is 3. The molecule has 19 heavy (non-hydrogen) atoms. The molecule has 0 radical (unpaired) electrons. The van der Waals surface area contributed by atoms with Gasteiger partial charge in [-0.15, -0.1) is 0 Å². The quantitative estimate of drug-likeness (QED) is 0.920. The van der Waals surface area contributed by atoms with Crippen LogP contribution in [-0.4, -0.2) is 36.4 Å². The molecule has 1 N–H and O–H groups in total. The molecular weight excluding hydrogens is 266 g/mol. The lowest BCUT2D eigenvalue weighted by atomic mass is 10.1. The molecule has 5 nitrogen and oxygen atoms in total. The van der Waals surface area contributed by atoms with Crippen LogP contribution < -0.4 is 0 Å². The van der Waals surface area contributed by atoms with Gasteiger partial charge >= 0.3 is 5.97 Å². The van der Waals surface area contributed by atoms with Crippen molar-refractivity contribution in [1.82, 2.24) is 4.31 Å². The molecule has 0 saturated carbocycles. The van der Waals surface area contributed by atoms with Gasteiger partial charge in [0.15, 0.2) is 0 Å². The minimum Gasteiger partial charge on any atom is -0.478 e. The highest BCUT2D eigenvalue weighted by Gasteiger charge is 2.30. The molecule has 1 heterocycles. The molecule has 6 heteroatoms. The first-order valence-electron chi connectivity index (χ1n) is 6.28. The average Bonchev–Trinajstić information content (AvgIpc) is 2.39. The van der Waals surface area contributed by atoms with E-state index in [1.165, 1.54) is 28.6 Å². The van der Waals surface area contributed by atoms with E-state index in [-0.39, 0.29) is 16.5 Å². The number of aromatic carboxylic acids is 1. The van der Waals surface area contributed by atoms with Gasteiger partial charge in [0, 0.05) is 12.6 Å². The van der Waals surface area contributed by atoms with Gasteiger partial charge in [0.05, 0.1) is 10.5 Å². The predicted octanol–water partition coefficient (Wildman–Crippen LogP) is 1.95. The molecule has 0 amide bonds. The summed E-state index contributed by atoms with van der Waals surface area (Å²) in [6.45, 7) is 2.44. The fraction of sp³-hybridized carbons (Fsp3) is 0.462. The van der Waals surface area contributed by atoms with Crippen LogP contribution in [0.3, 0.4) is 0 Å². The number of hydrogen-bond donors (Lipinski definition) is 1. The van der Waals surface area contributed by atoms with Crippen molar-refractivity contribution in [2.24, 2.45) is 0 Å². The maximum atomic E-state index is 12.5. The Kier molecular flexibility index (Phi) is 3.91. The van der Waals surface area contributed by atoms with E-state index in [4.69, 9.17) is 5.11 Å². The van der Waals surface area contributed by atoms with Crippen LogP contribution in [0.25, 0.3) is 0 Å². The highest BCUT2D eigenvalue weighted by molar-refractivity contribution is 7.89. The van der Waals surface area contributed by atoms with Gasteiger partial charge in [0.25, 0.3) is 0 Å². The molecule has 1 saturated heterocycles. The van der Waals surface area contributed by atoms with E-state index in [0.29, 0.717) is 6.54 Å². The minimum atomic E-state index is -3.51. The lowest BCUT2D eigenvalue weighted by Crippen LogP contribution is -2.41. The summed E-state index contributed by atoms with van der Waals surface area (Å²) in [5, 5.41) is 8.81. The molecule has 1 atom stereocenters. The zero-order valence-corrected chi connectivity index (χ0v) is 11.6. The van der Waals surface area contributed by atoms with Gasteiger partial charge in [-0.1, -0.05) is 6.42 Å². The van der Waals surface area contributed by atoms with E-state index in [0.717, 1.165) is 19.3 Å². The Bertz CT molecular complexity index is 565. The third-order valence-electron chi connectivity index (χ3n) is 3.45. The molecule has 1 aliphatic heterocycles. The van der Waals surface area contributed by atoms with Crippen molar-refractivity contribution >= 4 is 16.0 Å². The molecule has 0 spiro atoms. The molecule has 1 aromatic rings. The van der Waals surface area contributed by atoms with E-state index in [1.807, 2.05) is 6.92 Å². The van der Waals surface area contributed by atoms with Crippen molar-refractivity contribution in [2.45, 2.75) is 37.1 Å². The Morgan fingerprint density at radius 2 is 1.89 bits per heavy atom. The number of carboxylic acid groups (broad SMARTS) is 1. The standard InChI is InChI=1S/C13H17NO4S/c1-10-4-2-3-9-14(10)19(17,18)12-7-5-11(6-8-12)13(15)16/h5-8,10H,2-4,9H2,1H3,(H,15,16). The Balaban J connectivity index is 2.30. The molecule has 0 bridgehead atoms. The Hall–Kier alpha value is -1.40. The normalized spacial score (nSPS) is 21.2. The smallest absolute Gasteiger partial charge is 0.335 e. The summed E-state index contributed by atoms with van der Waals surface area (Å²) in [7, 11) is -3.51. The SMILES string of the molecule is CC1CCCCN1S(=O)(=O)c1ccc(C(=O)O)cc1. The first-order chi connectivity index (χ1) is 8.93. The van der Waals surface area contributed by atoms with Crippen LogP contribution in [0.1, 0.15) is 36.5 Å². The third kappa shape index (κ3) is 2.79. The molecular formula is C13H17NO4S. The molecule has 104 valence electrons. The number of carboxylic acids is 1. The second-order valence-corrected chi connectivity index (χ2v) is 6.68. The fourth-order valence-corrected chi connectivity index (χ4v) is 4.03. The number of benzene rings is 1. The van der Waals surface area contributed by atoms with Crippen molar-refractivity contribution in [1.29, 1.82) is 0 Å². The van der Waals surface area contributed by atoms with Gasteiger partial charge in [0.2, 0.25) is 10.0 Å². The van der Waals surface area contributed by atoms with Gasteiger partial charge in [-0.3, -0.25) is 0 Å². The summed E-state index contributed by atoms with van der Waals surface area (Å²) < 4.78 is 26.4. The van der Waals surface area contributed by atoms with Crippen molar-refractivity contribution in [3.8, 4) is 0 Å². The Morgan fingerprint density at radius 3 is 2.42 bits per heavy atom. The van der Waals surface area contributed by atoms with Crippen LogP contribution in [0.4, 0.5) is 0 Å². The number of carbonyl (C=O) groups is 1. The Morgan fingerprint density at radius 1 is 1.26 bits per heavy atom. The number of rotatable bonds is 3. The number of piperidine rings is 1. The van der Waals surface area contributed by atoms with E-state index in [2.05, 4.69) is 0 Å². The summed E-state index contributed by atoms with van der Waals surface area (Å²) in [5.41, 5.74) is 0.0886. The zero-order valence-electron chi connectivity index (χ0n) is 10.7. The van der Waals surface area contributed by atoms with E-state index < -0.39 is 16.0 Å². The van der Waals surface area contributed by atoms with Crippen LogP contribution in [0, 0.1) is 0 Å². The van der Waals surface area contributed by atoms with Crippen LogP contribution >= 0.6 is 0 Å². The maximum absolute atomic E-state index is 12.5. The van der Waals surface area contributed by atoms with Crippen LogP contribution in [0.15, 0.2) is 29.2 Å². The summed E-state index contributed by atoms with van der Waals surface area (Å²) in [5.74, 6) is -1.06. The van der Waals surface area contributed by atoms with Crippen molar-refractivity contribution in [3.63, 3.8) is 0 Å². The molecule has 1 fully saturated rings.